The highest BCUT2D eigenvalue weighted by Gasteiger charge is 2.14. The predicted molar refractivity (Wildman–Crippen MR) is 66.3 cm³/mol. The molecule has 0 fully saturated rings. The molecule has 0 radical (unpaired) electrons. The molecule has 2 aromatic heterocycles. The average Bonchev–Trinajstić information content (AvgIpc) is 2.60. The molecule has 2 N–H and O–H groups in total. The van der Waals surface area contributed by atoms with Gasteiger partial charge in [0.15, 0.2) is 5.82 Å². The Hall–Kier alpha value is -0.330. The van der Waals surface area contributed by atoms with Gasteiger partial charge < -0.3 is 5.73 Å². The van der Waals surface area contributed by atoms with Crippen molar-refractivity contribution in [2.24, 2.45) is 7.05 Å². The van der Waals surface area contributed by atoms with Crippen molar-refractivity contribution in [2.45, 2.75) is 0 Å². The van der Waals surface area contributed by atoms with Gasteiger partial charge in [-0.05, 0) is 44.0 Å². The number of halogens is 2. The number of aryl methyl sites for hydroxylation is 1. The lowest BCUT2D eigenvalue weighted by atomic mass is 10.3. The summed E-state index contributed by atoms with van der Waals surface area (Å²) in [6.45, 7) is 0. The van der Waals surface area contributed by atoms with E-state index in [-0.39, 0.29) is 0 Å². The Balaban J connectivity index is 2.61. The van der Waals surface area contributed by atoms with E-state index >= 15 is 0 Å². The van der Waals surface area contributed by atoms with Crippen LogP contribution >= 0.6 is 43.2 Å². The molecule has 6 heteroatoms. The zero-order valence-electron chi connectivity index (χ0n) is 7.29. The van der Waals surface area contributed by atoms with E-state index in [2.05, 4.69) is 37.0 Å². The van der Waals surface area contributed by atoms with Gasteiger partial charge in [-0.15, -0.1) is 11.3 Å². The molecule has 2 heterocycles. The lowest BCUT2D eigenvalue weighted by Crippen LogP contribution is -1.93. The Morgan fingerprint density at radius 2 is 2.14 bits per heavy atom. The van der Waals surface area contributed by atoms with Crippen molar-refractivity contribution in [3.63, 3.8) is 0 Å². The summed E-state index contributed by atoms with van der Waals surface area (Å²) in [7, 11) is 1.88. The van der Waals surface area contributed by atoms with Crippen LogP contribution in [-0.2, 0) is 7.05 Å². The van der Waals surface area contributed by atoms with E-state index in [0.717, 1.165) is 18.8 Å². The molecule has 0 unspecified atom stereocenters. The molecule has 2 rings (SSSR count). The van der Waals surface area contributed by atoms with Crippen molar-refractivity contribution in [1.29, 1.82) is 0 Å². The largest absolute Gasteiger partial charge is 0.381 e. The lowest BCUT2D eigenvalue weighted by molar-refractivity contribution is 0.781. The first-order chi connectivity index (χ1) is 6.59. The summed E-state index contributed by atoms with van der Waals surface area (Å²) in [5, 5.41) is 4.14. The molecule has 0 aliphatic carbocycles. The third kappa shape index (κ3) is 1.62. The molecule has 2 aromatic rings. The van der Waals surface area contributed by atoms with Crippen LogP contribution in [0.4, 0.5) is 5.82 Å². The van der Waals surface area contributed by atoms with Crippen molar-refractivity contribution in [1.82, 2.24) is 9.78 Å². The van der Waals surface area contributed by atoms with Gasteiger partial charge in [-0.3, -0.25) is 4.68 Å². The zero-order chi connectivity index (χ0) is 10.3. The van der Waals surface area contributed by atoms with Gasteiger partial charge in [0, 0.05) is 7.05 Å². The summed E-state index contributed by atoms with van der Waals surface area (Å²) in [5.74, 6) is 0.520. The van der Waals surface area contributed by atoms with Gasteiger partial charge in [0.2, 0.25) is 0 Å². The molecule has 0 spiro atoms. The molecule has 3 nitrogen and oxygen atoms in total. The molecular formula is C8H7Br2N3S. The molecular weight excluding hydrogens is 330 g/mol. The number of aromatic nitrogens is 2. The monoisotopic (exact) mass is 335 g/mol. The first kappa shape index (κ1) is 10.2. The number of nitrogens with zero attached hydrogens (tertiary/aromatic N) is 2. The van der Waals surface area contributed by atoms with E-state index in [1.165, 1.54) is 0 Å². The van der Waals surface area contributed by atoms with E-state index in [0.29, 0.717) is 5.82 Å². The topological polar surface area (TPSA) is 43.8 Å². The highest BCUT2D eigenvalue weighted by atomic mass is 79.9. The second kappa shape index (κ2) is 3.67. The number of hydrogen-bond donors (Lipinski definition) is 1. The molecule has 74 valence electrons. The van der Waals surface area contributed by atoms with Crippen molar-refractivity contribution in [2.75, 3.05) is 5.73 Å². The molecule has 0 saturated heterocycles. The summed E-state index contributed by atoms with van der Waals surface area (Å²) in [4.78, 5) is 1.13. The summed E-state index contributed by atoms with van der Waals surface area (Å²) in [6, 6.07) is 4.05. The van der Waals surface area contributed by atoms with Crippen LogP contribution in [0.15, 0.2) is 20.4 Å². The van der Waals surface area contributed by atoms with E-state index in [1.54, 1.807) is 16.0 Å². The molecule has 0 aliphatic rings. The molecule has 0 atom stereocenters. The van der Waals surface area contributed by atoms with Gasteiger partial charge in [0.1, 0.15) is 0 Å². The van der Waals surface area contributed by atoms with E-state index in [1.807, 2.05) is 19.2 Å². The maximum atomic E-state index is 5.70. The molecule has 0 bridgehead atoms. The average molecular weight is 337 g/mol. The number of nitrogens with two attached hydrogens (primary N) is 1. The van der Waals surface area contributed by atoms with Gasteiger partial charge in [-0.2, -0.15) is 5.10 Å². The fourth-order valence-corrected chi connectivity index (χ4v) is 3.38. The standard InChI is InChI=1S/C8H7Br2N3S/c1-13-7(6(10)8(11)12-13)4-2-3-5(9)14-4/h2-3H,1H3,(H2,11,12). The molecule has 0 aromatic carbocycles. The molecule has 0 amide bonds. The number of anilines is 1. The second-order valence-electron chi connectivity index (χ2n) is 2.78. The summed E-state index contributed by atoms with van der Waals surface area (Å²) in [5.41, 5.74) is 6.71. The van der Waals surface area contributed by atoms with Gasteiger partial charge in [-0.25, -0.2) is 0 Å². The second-order valence-corrected chi connectivity index (χ2v) is 6.03. The minimum atomic E-state index is 0.520. The zero-order valence-corrected chi connectivity index (χ0v) is 11.3. The molecule has 0 saturated carbocycles. The smallest absolute Gasteiger partial charge is 0.160 e. The number of rotatable bonds is 1. The first-order valence-electron chi connectivity index (χ1n) is 3.83. The minimum Gasteiger partial charge on any atom is -0.381 e. The van der Waals surface area contributed by atoms with E-state index < -0.39 is 0 Å². The number of thiophene rings is 1. The van der Waals surface area contributed by atoms with E-state index in [4.69, 9.17) is 5.73 Å². The van der Waals surface area contributed by atoms with Crippen molar-refractivity contribution < 1.29 is 0 Å². The third-order valence-electron chi connectivity index (χ3n) is 1.82. The SMILES string of the molecule is Cn1nc(N)c(Br)c1-c1ccc(Br)s1. The van der Waals surface area contributed by atoms with Crippen molar-refractivity contribution >= 4 is 49.0 Å². The van der Waals surface area contributed by atoms with Gasteiger partial charge >= 0.3 is 0 Å². The van der Waals surface area contributed by atoms with Gasteiger partial charge in [0.25, 0.3) is 0 Å². The van der Waals surface area contributed by atoms with Crippen LogP contribution in [0.25, 0.3) is 10.6 Å². The number of nitrogen functional groups attached to an aromatic ring is 1. The third-order valence-corrected chi connectivity index (χ3v) is 4.23. The van der Waals surface area contributed by atoms with Crippen molar-refractivity contribution in [3.8, 4) is 10.6 Å². The molecule has 0 aliphatic heterocycles. The maximum Gasteiger partial charge on any atom is 0.160 e. The van der Waals surface area contributed by atoms with Crippen LogP contribution in [0.1, 0.15) is 0 Å². The first-order valence-corrected chi connectivity index (χ1v) is 6.23. The quantitative estimate of drug-likeness (QED) is 0.868. The summed E-state index contributed by atoms with van der Waals surface area (Å²) >= 11 is 8.51. The number of hydrogen-bond acceptors (Lipinski definition) is 3. The van der Waals surface area contributed by atoms with Crippen LogP contribution in [0.3, 0.4) is 0 Å². The Kier molecular flexibility index (Phi) is 2.68. The Morgan fingerprint density at radius 1 is 1.43 bits per heavy atom. The predicted octanol–water partition coefficient (Wildman–Crippen LogP) is 3.26. The Morgan fingerprint density at radius 3 is 2.57 bits per heavy atom. The Bertz CT molecular complexity index is 475. The van der Waals surface area contributed by atoms with Gasteiger partial charge in [-0.1, -0.05) is 0 Å². The minimum absolute atomic E-state index is 0.520. The van der Waals surface area contributed by atoms with Gasteiger partial charge in [0.05, 0.1) is 18.8 Å². The molecule has 14 heavy (non-hydrogen) atoms. The van der Waals surface area contributed by atoms with Crippen LogP contribution in [0.2, 0.25) is 0 Å². The fraction of sp³-hybridized carbons (Fsp3) is 0.125. The fourth-order valence-electron chi connectivity index (χ4n) is 1.23. The normalized spacial score (nSPS) is 10.8. The van der Waals surface area contributed by atoms with Crippen LogP contribution in [0, 0.1) is 0 Å². The van der Waals surface area contributed by atoms with Crippen LogP contribution in [0.5, 0.6) is 0 Å². The van der Waals surface area contributed by atoms with E-state index in [9.17, 15) is 0 Å². The highest BCUT2D eigenvalue weighted by molar-refractivity contribution is 9.11. The maximum absolute atomic E-state index is 5.70. The summed E-state index contributed by atoms with van der Waals surface area (Å²) < 4.78 is 3.73. The van der Waals surface area contributed by atoms with Crippen molar-refractivity contribution in [3.05, 3.63) is 20.4 Å². The van der Waals surface area contributed by atoms with Crippen LogP contribution in [-0.4, -0.2) is 9.78 Å². The highest BCUT2D eigenvalue weighted by Crippen LogP contribution is 2.37. The summed E-state index contributed by atoms with van der Waals surface area (Å²) in [6.07, 6.45) is 0. The van der Waals surface area contributed by atoms with Crippen LogP contribution < -0.4 is 5.73 Å². The lowest BCUT2D eigenvalue weighted by Gasteiger charge is -1.97. The Labute approximate surface area is 102 Å².